The summed E-state index contributed by atoms with van der Waals surface area (Å²) in [4.78, 5) is 18.7. The van der Waals surface area contributed by atoms with Crippen LogP contribution in [-0.2, 0) is 4.79 Å². The molecule has 2 saturated heterocycles. The molecule has 0 aromatic carbocycles. The number of rotatable bonds is 3. The van der Waals surface area contributed by atoms with Crippen LogP contribution in [0.5, 0.6) is 0 Å². The molecule has 0 bridgehead atoms. The average Bonchev–Trinajstić information content (AvgIpc) is 3.55. The Morgan fingerprint density at radius 2 is 1.81 bits per heavy atom. The lowest BCUT2D eigenvalue weighted by Crippen LogP contribution is -2.56. The van der Waals surface area contributed by atoms with Crippen LogP contribution in [0.3, 0.4) is 0 Å². The molecule has 2 heterocycles. The summed E-state index contributed by atoms with van der Waals surface area (Å²) in [5.41, 5.74) is 2.31. The number of hydrogen-bond acceptors (Lipinski definition) is 4. The zero-order valence-corrected chi connectivity index (χ0v) is 19.3. The van der Waals surface area contributed by atoms with Gasteiger partial charge in [0, 0.05) is 37.2 Å². The van der Waals surface area contributed by atoms with Gasteiger partial charge in [-0.05, 0) is 113 Å². The van der Waals surface area contributed by atoms with Crippen molar-refractivity contribution in [3.8, 4) is 0 Å². The lowest BCUT2D eigenvalue weighted by Gasteiger charge is -2.50. The highest BCUT2D eigenvalue weighted by atomic mass is 16.3. The summed E-state index contributed by atoms with van der Waals surface area (Å²) >= 11 is 0. The number of likely N-dealkylation sites (tertiary alicyclic amines) is 2. The van der Waals surface area contributed by atoms with E-state index in [0.717, 1.165) is 45.2 Å². The highest BCUT2D eigenvalue weighted by Gasteiger charge is 2.60. The van der Waals surface area contributed by atoms with Gasteiger partial charge in [0.1, 0.15) is 5.78 Å². The van der Waals surface area contributed by atoms with Gasteiger partial charge in [0.05, 0.1) is 5.60 Å². The summed E-state index contributed by atoms with van der Waals surface area (Å²) in [6.45, 7) is 6.88. The van der Waals surface area contributed by atoms with Gasteiger partial charge in [-0.2, -0.15) is 0 Å². The molecule has 2 aliphatic heterocycles. The summed E-state index contributed by atoms with van der Waals surface area (Å²) in [5, 5.41) is 11.9. The fraction of sp³-hybridized carbons (Fsp3) is 0.815. The van der Waals surface area contributed by atoms with Crippen molar-refractivity contribution >= 4 is 5.78 Å². The molecule has 1 N–H and O–H groups in total. The lowest BCUT2D eigenvalue weighted by atomic mass is 9.55. The quantitative estimate of drug-likeness (QED) is 0.739. The molecule has 31 heavy (non-hydrogen) atoms. The van der Waals surface area contributed by atoms with Crippen molar-refractivity contribution in [3.63, 3.8) is 0 Å². The van der Waals surface area contributed by atoms with Crippen molar-refractivity contribution in [3.05, 3.63) is 23.4 Å². The summed E-state index contributed by atoms with van der Waals surface area (Å²) in [7, 11) is 0. The predicted molar refractivity (Wildman–Crippen MR) is 122 cm³/mol. The van der Waals surface area contributed by atoms with E-state index in [9.17, 15) is 9.90 Å². The number of nitrogens with zero attached hydrogens (tertiary/aromatic N) is 2. The molecule has 4 nitrogen and oxygen atoms in total. The Morgan fingerprint density at radius 3 is 2.58 bits per heavy atom. The topological polar surface area (TPSA) is 43.8 Å². The number of hydrogen-bond donors (Lipinski definition) is 1. The second-order valence-electron chi connectivity index (χ2n) is 11.5. The maximum atomic E-state index is 13.6. The van der Waals surface area contributed by atoms with E-state index in [1.54, 1.807) is 0 Å². The van der Waals surface area contributed by atoms with E-state index in [-0.39, 0.29) is 17.9 Å². The Bertz CT molecular complexity index is 791. The fourth-order valence-corrected chi connectivity index (χ4v) is 8.63. The lowest BCUT2D eigenvalue weighted by molar-refractivity contribution is -0.142. The van der Waals surface area contributed by atoms with Crippen LogP contribution in [0.4, 0.5) is 0 Å². The Balaban J connectivity index is 1.25. The zero-order chi connectivity index (χ0) is 21.2. The standard InChI is InChI=1S/C27H40N2O2/c1-18(28-12-2-3-13-28)27(31)11-10-22-23-8-6-19-16-20(29-14-4-5-15-29)7-9-21(19)26(23)25(30)17-24(22)27/h6,16,18,21-24,26,31H,2-5,7-15,17H2,1H3/t18?,21?,22?,23?,24?,26?,27-/m0/s1. The minimum atomic E-state index is -0.672. The van der Waals surface area contributed by atoms with Gasteiger partial charge in [-0.1, -0.05) is 6.08 Å². The number of carbonyl (C=O) groups excluding carboxylic acids is 1. The van der Waals surface area contributed by atoms with Gasteiger partial charge in [0.25, 0.3) is 0 Å². The van der Waals surface area contributed by atoms with Gasteiger partial charge in [-0.3, -0.25) is 9.69 Å². The molecule has 0 spiro atoms. The second-order valence-corrected chi connectivity index (χ2v) is 11.5. The highest BCUT2D eigenvalue weighted by Crippen LogP contribution is 2.58. The van der Waals surface area contributed by atoms with Crippen LogP contribution in [0.25, 0.3) is 0 Å². The third-order valence-electron chi connectivity index (χ3n) is 10.3. The zero-order valence-electron chi connectivity index (χ0n) is 19.3. The Kier molecular flexibility index (Phi) is 5.10. The van der Waals surface area contributed by atoms with E-state index < -0.39 is 5.60 Å². The molecule has 2 saturated carbocycles. The molecular formula is C27H40N2O2. The third kappa shape index (κ3) is 3.19. The van der Waals surface area contributed by atoms with Gasteiger partial charge in [-0.15, -0.1) is 0 Å². The summed E-state index contributed by atoms with van der Waals surface area (Å²) < 4.78 is 0. The van der Waals surface area contributed by atoms with Crippen LogP contribution >= 0.6 is 0 Å². The first-order valence-corrected chi connectivity index (χ1v) is 13.2. The maximum Gasteiger partial charge on any atom is 0.137 e. The van der Waals surface area contributed by atoms with E-state index in [4.69, 9.17) is 0 Å². The number of aliphatic hydroxyl groups is 1. The molecule has 4 heteroatoms. The van der Waals surface area contributed by atoms with Gasteiger partial charge in [0.15, 0.2) is 0 Å². The van der Waals surface area contributed by atoms with Gasteiger partial charge in [0.2, 0.25) is 0 Å². The van der Waals surface area contributed by atoms with Crippen LogP contribution in [-0.4, -0.2) is 58.5 Å². The Hall–Kier alpha value is -1.13. The van der Waals surface area contributed by atoms with E-state index in [1.807, 2.05) is 0 Å². The normalized spacial score (nSPS) is 43.9. The van der Waals surface area contributed by atoms with Crippen molar-refractivity contribution in [2.45, 2.75) is 82.8 Å². The van der Waals surface area contributed by atoms with E-state index in [1.165, 1.54) is 50.0 Å². The molecule has 6 aliphatic rings. The van der Waals surface area contributed by atoms with Crippen molar-refractivity contribution in [1.82, 2.24) is 9.80 Å². The van der Waals surface area contributed by atoms with Crippen LogP contribution in [0, 0.1) is 29.6 Å². The molecule has 6 unspecified atom stereocenters. The minimum Gasteiger partial charge on any atom is -0.388 e. The van der Waals surface area contributed by atoms with E-state index in [2.05, 4.69) is 28.9 Å². The van der Waals surface area contributed by atoms with Gasteiger partial charge < -0.3 is 10.0 Å². The minimum absolute atomic E-state index is 0.172. The maximum absolute atomic E-state index is 13.6. The molecule has 4 aliphatic carbocycles. The monoisotopic (exact) mass is 424 g/mol. The molecular weight excluding hydrogens is 384 g/mol. The first kappa shape index (κ1) is 20.5. The number of allylic oxidation sites excluding steroid dienone is 4. The first-order valence-electron chi connectivity index (χ1n) is 13.2. The van der Waals surface area contributed by atoms with E-state index in [0.29, 0.717) is 30.0 Å². The van der Waals surface area contributed by atoms with Crippen molar-refractivity contribution in [2.24, 2.45) is 29.6 Å². The predicted octanol–water partition coefficient (Wildman–Crippen LogP) is 4.15. The largest absolute Gasteiger partial charge is 0.388 e. The summed E-state index contributed by atoms with van der Waals surface area (Å²) in [6.07, 6.45) is 16.0. The smallest absolute Gasteiger partial charge is 0.137 e. The average molecular weight is 425 g/mol. The van der Waals surface area contributed by atoms with Crippen molar-refractivity contribution < 1.29 is 9.90 Å². The van der Waals surface area contributed by atoms with Crippen LogP contribution < -0.4 is 0 Å². The number of carbonyl (C=O) groups is 1. The van der Waals surface area contributed by atoms with Crippen molar-refractivity contribution in [1.29, 1.82) is 0 Å². The highest BCUT2D eigenvalue weighted by molar-refractivity contribution is 5.84. The first-order chi connectivity index (χ1) is 15.1. The van der Waals surface area contributed by atoms with Crippen LogP contribution in [0.2, 0.25) is 0 Å². The number of Topliss-reactive ketones (excluding diaryl/α,β-unsaturated/α-hetero) is 1. The molecule has 0 aromatic rings. The van der Waals surface area contributed by atoms with Crippen molar-refractivity contribution in [2.75, 3.05) is 26.2 Å². The Labute approximate surface area is 187 Å². The number of fused-ring (bicyclic) bond motifs is 5. The molecule has 4 fully saturated rings. The van der Waals surface area contributed by atoms with Crippen LogP contribution in [0.1, 0.15) is 71.1 Å². The summed E-state index contributed by atoms with van der Waals surface area (Å²) in [6, 6.07) is 0.185. The molecule has 0 radical (unpaired) electrons. The fourth-order valence-electron chi connectivity index (χ4n) is 8.63. The van der Waals surface area contributed by atoms with Crippen LogP contribution in [0.15, 0.2) is 23.4 Å². The molecule has 7 atom stereocenters. The molecule has 0 amide bonds. The number of ketones is 1. The molecule has 170 valence electrons. The molecule has 6 rings (SSSR count). The van der Waals surface area contributed by atoms with Gasteiger partial charge in [-0.25, -0.2) is 0 Å². The second kappa shape index (κ2) is 7.73. The van der Waals surface area contributed by atoms with E-state index >= 15 is 0 Å². The Morgan fingerprint density at radius 1 is 1.06 bits per heavy atom. The SMILES string of the molecule is CC(N1CCCC1)[C@@]1(O)CCC2C3CC=C4C=C(N5CCCC5)CCC4C3C(=O)CC21. The summed E-state index contributed by atoms with van der Waals surface area (Å²) in [5.74, 6) is 2.27. The molecule has 0 aromatic heterocycles. The third-order valence-corrected chi connectivity index (χ3v) is 10.3. The van der Waals surface area contributed by atoms with Gasteiger partial charge >= 0.3 is 0 Å².